The number of halogens is 1. The van der Waals surface area contributed by atoms with Crippen LogP contribution in [0.25, 0.3) is 55.0 Å². The lowest BCUT2D eigenvalue weighted by Crippen LogP contribution is -2.26. The predicted octanol–water partition coefficient (Wildman–Crippen LogP) is 9.84. The van der Waals surface area contributed by atoms with Gasteiger partial charge >= 0.3 is 0 Å². The topological polar surface area (TPSA) is 13.1 Å². The Morgan fingerprint density at radius 3 is 2.10 bits per heavy atom. The fourth-order valence-electron chi connectivity index (χ4n) is 7.74. The summed E-state index contributed by atoms with van der Waals surface area (Å²) in [7, 11) is 0. The zero-order valence-corrected chi connectivity index (χ0v) is 21.6. The van der Waals surface area contributed by atoms with Gasteiger partial charge in [-0.05, 0) is 92.9 Å². The van der Waals surface area contributed by atoms with Crippen molar-refractivity contribution in [2.24, 2.45) is 0 Å². The van der Waals surface area contributed by atoms with Crippen LogP contribution in [0.15, 0.2) is 108 Å². The summed E-state index contributed by atoms with van der Waals surface area (Å²) in [5, 5.41) is 4.72. The Morgan fingerprint density at radius 2 is 1.23 bits per heavy atom. The SMILES string of the molecule is Cc1cc2c(c3ccccc13)-c1c(cc(C)c3c1oc1ccccc13)C21c2ccccc2-c2ccc(F)cc21. The van der Waals surface area contributed by atoms with E-state index in [9.17, 15) is 0 Å². The van der Waals surface area contributed by atoms with E-state index in [-0.39, 0.29) is 5.82 Å². The van der Waals surface area contributed by atoms with E-state index < -0.39 is 5.41 Å². The monoisotopic (exact) mass is 502 g/mol. The molecule has 1 unspecified atom stereocenters. The Labute approximate surface area is 225 Å². The van der Waals surface area contributed by atoms with Crippen LogP contribution in [0.1, 0.15) is 33.4 Å². The van der Waals surface area contributed by atoms with Crippen molar-refractivity contribution in [1.29, 1.82) is 0 Å². The minimum atomic E-state index is -0.634. The van der Waals surface area contributed by atoms with E-state index in [1.54, 1.807) is 12.1 Å². The highest BCUT2D eigenvalue weighted by molar-refractivity contribution is 6.18. The molecule has 0 N–H and O–H groups in total. The van der Waals surface area contributed by atoms with Crippen LogP contribution in [-0.4, -0.2) is 0 Å². The molecule has 1 spiro atoms. The lowest BCUT2D eigenvalue weighted by Gasteiger charge is -2.31. The fourth-order valence-corrected chi connectivity index (χ4v) is 7.74. The lowest BCUT2D eigenvalue weighted by molar-refractivity contribution is 0.622. The van der Waals surface area contributed by atoms with Gasteiger partial charge in [-0.15, -0.1) is 0 Å². The van der Waals surface area contributed by atoms with Gasteiger partial charge in [0.1, 0.15) is 17.0 Å². The molecule has 184 valence electrons. The molecular weight excluding hydrogens is 479 g/mol. The van der Waals surface area contributed by atoms with Gasteiger partial charge in [0, 0.05) is 16.3 Å². The molecule has 0 amide bonds. The van der Waals surface area contributed by atoms with Gasteiger partial charge in [0.05, 0.1) is 5.41 Å². The second-order valence-electron chi connectivity index (χ2n) is 11.1. The number of rotatable bonds is 0. The average Bonchev–Trinajstić information content (AvgIpc) is 3.57. The number of hydrogen-bond acceptors (Lipinski definition) is 1. The Kier molecular flexibility index (Phi) is 3.84. The molecule has 0 bridgehead atoms. The first-order valence-electron chi connectivity index (χ1n) is 13.5. The molecule has 0 saturated carbocycles. The lowest BCUT2D eigenvalue weighted by atomic mass is 9.70. The van der Waals surface area contributed by atoms with Crippen LogP contribution in [-0.2, 0) is 5.41 Å². The Balaban J connectivity index is 1.60. The summed E-state index contributed by atoms with van der Waals surface area (Å²) in [4.78, 5) is 0. The molecule has 2 aliphatic rings. The second-order valence-corrected chi connectivity index (χ2v) is 11.1. The largest absolute Gasteiger partial charge is 0.455 e. The van der Waals surface area contributed by atoms with Gasteiger partial charge in [-0.2, -0.15) is 0 Å². The van der Waals surface area contributed by atoms with Crippen LogP contribution in [0.2, 0.25) is 0 Å². The van der Waals surface area contributed by atoms with E-state index in [0.717, 1.165) is 38.6 Å². The van der Waals surface area contributed by atoms with Crippen LogP contribution in [0.3, 0.4) is 0 Å². The molecule has 2 aliphatic carbocycles. The number of fused-ring (bicyclic) bond motifs is 16. The molecule has 0 radical (unpaired) electrons. The van der Waals surface area contributed by atoms with Crippen molar-refractivity contribution in [3.63, 3.8) is 0 Å². The first-order chi connectivity index (χ1) is 19.1. The van der Waals surface area contributed by atoms with Crippen LogP contribution < -0.4 is 0 Å². The smallest absolute Gasteiger partial charge is 0.143 e. The quantitative estimate of drug-likeness (QED) is 0.201. The summed E-state index contributed by atoms with van der Waals surface area (Å²) in [6.07, 6.45) is 0. The fraction of sp³-hybridized carbons (Fsp3) is 0.0811. The highest BCUT2D eigenvalue weighted by atomic mass is 19.1. The zero-order chi connectivity index (χ0) is 26.0. The molecule has 2 heteroatoms. The average molecular weight is 503 g/mol. The van der Waals surface area contributed by atoms with Crippen LogP contribution >= 0.6 is 0 Å². The third-order valence-electron chi connectivity index (χ3n) is 9.16. The molecule has 9 rings (SSSR count). The van der Waals surface area contributed by atoms with Gasteiger partial charge in [0.2, 0.25) is 0 Å². The Morgan fingerprint density at radius 1 is 0.564 bits per heavy atom. The van der Waals surface area contributed by atoms with Crippen LogP contribution in [0, 0.1) is 19.7 Å². The summed E-state index contributed by atoms with van der Waals surface area (Å²) in [6, 6.07) is 35.6. The van der Waals surface area contributed by atoms with Crippen molar-refractivity contribution in [2.75, 3.05) is 0 Å². The number of para-hydroxylation sites is 1. The maximum atomic E-state index is 15.2. The maximum absolute atomic E-state index is 15.2. The first-order valence-corrected chi connectivity index (χ1v) is 13.5. The maximum Gasteiger partial charge on any atom is 0.143 e. The highest BCUT2D eigenvalue weighted by Gasteiger charge is 2.53. The van der Waals surface area contributed by atoms with Crippen molar-refractivity contribution < 1.29 is 8.81 Å². The predicted molar refractivity (Wildman–Crippen MR) is 157 cm³/mol. The second kappa shape index (κ2) is 7.03. The standard InChI is InChI=1S/C37H23FO/c1-20-17-30-34(26-11-4-3-9-23(20)26)35-31(18-21(2)33-27-12-6-8-14-32(27)39-36(33)35)37(30)28-13-7-5-10-24(28)25-16-15-22(38)19-29(25)37/h3-19H,1-2H3. The summed E-state index contributed by atoms with van der Waals surface area (Å²) in [5.74, 6) is -0.213. The normalized spacial score (nSPS) is 16.7. The number of benzene rings is 6. The van der Waals surface area contributed by atoms with E-state index in [1.807, 2.05) is 12.1 Å². The third kappa shape index (κ3) is 2.37. The van der Waals surface area contributed by atoms with Gasteiger partial charge in [-0.3, -0.25) is 0 Å². The summed E-state index contributed by atoms with van der Waals surface area (Å²) in [6.45, 7) is 4.37. The van der Waals surface area contributed by atoms with E-state index in [4.69, 9.17) is 4.42 Å². The van der Waals surface area contributed by atoms with E-state index in [1.165, 1.54) is 49.7 Å². The molecule has 0 aliphatic heterocycles. The van der Waals surface area contributed by atoms with E-state index >= 15 is 4.39 Å². The van der Waals surface area contributed by atoms with Gasteiger partial charge in [-0.25, -0.2) is 4.39 Å². The molecule has 1 aromatic heterocycles. The van der Waals surface area contributed by atoms with Crippen LogP contribution in [0.5, 0.6) is 0 Å². The third-order valence-corrected chi connectivity index (χ3v) is 9.16. The Bertz CT molecular complexity index is 2220. The summed E-state index contributed by atoms with van der Waals surface area (Å²) >= 11 is 0. The molecule has 1 atom stereocenters. The van der Waals surface area contributed by atoms with Crippen molar-refractivity contribution >= 4 is 32.7 Å². The van der Waals surface area contributed by atoms with E-state index in [2.05, 4.69) is 92.7 Å². The summed E-state index contributed by atoms with van der Waals surface area (Å²) in [5.41, 5.74) is 12.7. The molecule has 39 heavy (non-hydrogen) atoms. The van der Waals surface area contributed by atoms with Crippen molar-refractivity contribution in [3.8, 4) is 22.3 Å². The minimum absolute atomic E-state index is 0.213. The van der Waals surface area contributed by atoms with Gasteiger partial charge in [-0.1, -0.05) is 84.9 Å². The molecule has 0 fully saturated rings. The van der Waals surface area contributed by atoms with Crippen molar-refractivity contribution in [3.05, 3.63) is 142 Å². The Hall–Kier alpha value is -4.69. The van der Waals surface area contributed by atoms with Gasteiger partial charge < -0.3 is 4.42 Å². The zero-order valence-electron chi connectivity index (χ0n) is 21.6. The van der Waals surface area contributed by atoms with Gasteiger partial charge in [0.25, 0.3) is 0 Å². The van der Waals surface area contributed by atoms with Crippen molar-refractivity contribution in [1.82, 2.24) is 0 Å². The van der Waals surface area contributed by atoms with Gasteiger partial charge in [0.15, 0.2) is 0 Å². The van der Waals surface area contributed by atoms with Crippen LogP contribution in [0.4, 0.5) is 4.39 Å². The highest BCUT2D eigenvalue weighted by Crippen LogP contribution is 2.65. The molecule has 0 saturated heterocycles. The number of hydrogen-bond donors (Lipinski definition) is 0. The molecule has 6 aromatic carbocycles. The molecule has 1 heterocycles. The first kappa shape index (κ1) is 21.3. The van der Waals surface area contributed by atoms with Crippen molar-refractivity contribution in [2.45, 2.75) is 19.3 Å². The number of aryl methyl sites for hydroxylation is 2. The summed E-state index contributed by atoms with van der Waals surface area (Å²) < 4.78 is 21.9. The van der Waals surface area contributed by atoms with E-state index in [0.29, 0.717) is 0 Å². The molecule has 7 aromatic rings. The molecular formula is C37H23FO. The minimum Gasteiger partial charge on any atom is -0.455 e. The number of furan rings is 1. The molecule has 1 nitrogen and oxygen atoms in total.